The molecule has 2 aromatic rings. The molecule has 0 radical (unpaired) electrons. The molecule has 0 unspecified atom stereocenters. The van der Waals surface area contributed by atoms with E-state index in [0.717, 1.165) is 0 Å². The molecule has 0 fully saturated rings. The number of para-hydroxylation sites is 1. The Morgan fingerprint density at radius 3 is 2.36 bits per heavy atom. The fourth-order valence-corrected chi connectivity index (χ4v) is 2.10. The minimum atomic E-state index is -1.44. The molecular weight excluding hydrogens is 336 g/mol. The molecule has 0 aromatic heterocycles. The highest BCUT2D eigenvalue weighted by Crippen LogP contribution is 2.24. The Morgan fingerprint density at radius 1 is 1.08 bits per heavy atom. The molecule has 0 aliphatic heterocycles. The number of nitro benzene ring substituents is 1. The molecule has 2 N–H and O–H groups in total. The molecule has 0 aliphatic carbocycles. The molecule has 9 heteroatoms. The van der Waals surface area contributed by atoms with Crippen LogP contribution in [-0.2, 0) is 0 Å². The van der Waals surface area contributed by atoms with Gasteiger partial charge in [0.2, 0.25) is 0 Å². The van der Waals surface area contributed by atoms with E-state index in [-0.39, 0.29) is 11.3 Å². The van der Waals surface area contributed by atoms with Crippen LogP contribution in [0.3, 0.4) is 0 Å². The molecule has 2 amide bonds. The van der Waals surface area contributed by atoms with Crippen molar-refractivity contribution in [2.24, 2.45) is 0 Å². The molecule has 7 nitrogen and oxygen atoms in total. The summed E-state index contributed by atoms with van der Waals surface area (Å²) in [5, 5.41) is 15.8. The van der Waals surface area contributed by atoms with Crippen LogP contribution in [0.2, 0.25) is 0 Å². The second kappa shape index (κ2) is 7.47. The van der Waals surface area contributed by atoms with E-state index in [1.54, 1.807) is 13.0 Å². The summed E-state index contributed by atoms with van der Waals surface area (Å²) >= 11 is 0. The van der Waals surface area contributed by atoms with Gasteiger partial charge in [-0.15, -0.1) is 0 Å². The van der Waals surface area contributed by atoms with E-state index in [1.165, 1.54) is 18.2 Å². The van der Waals surface area contributed by atoms with Crippen LogP contribution in [0.15, 0.2) is 36.4 Å². The number of carbonyl (C=O) groups excluding carboxylic acids is 2. The van der Waals surface area contributed by atoms with Crippen molar-refractivity contribution in [1.29, 1.82) is 0 Å². The van der Waals surface area contributed by atoms with Gasteiger partial charge < -0.3 is 10.6 Å². The summed E-state index contributed by atoms with van der Waals surface area (Å²) in [6.45, 7) is 2.07. The van der Waals surface area contributed by atoms with Crippen LogP contribution in [0.5, 0.6) is 0 Å². The summed E-state index contributed by atoms with van der Waals surface area (Å²) in [5.74, 6) is -4.33. The molecule has 130 valence electrons. The quantitative estimate of drug-likeness (QED) is 0.640. The van der Waals surface area contributed by atoms with Crippen LogP contribution >= 0.6 is 0 Å². The Morgan fingerprint density at radius 2 is 1.72 bits per heavy atom. The SMILES string of the molecule is CCNC(=O)c1ccccc1NC(=O)c1cc(F)c(F)cc1[N+](=O)[O-]. The fraction of sp³-hybridized carbons (Fsp3) is 0.125. The average molecular weight is 349 g/mol. The molecule has 0 spiro atoms. The normalized spacial score (nSPS) is 10.2. The van der Waals surface area contributed by atoms with Gasteiger partial charge in [-0.05, 0) is 25.1 Å². The van der Waals surface area contributed by atoms with Gasteiger partial charge in [0.05, 0.1) is 22.2 Å². The number of rotatable bonds is 5. The molecule has 2 aromatic carbocycles. The maximum atomic E-state index is 13.4. The van der Waals surface area contributed by atoms with Crippen molar-refractivity contribution in [1.82, 2.24) is 5.32 Å². The maximum absolute atomic E-state index is 13.4. The molecule has 0 aliphatic rings. The smallest absolute Gasteiger partial charge is 0.285 e. The number of nitro groups is 1. The minimum Gasteiger partial charge on any atom is -0.352 e. The first kappa shape index (κ1) is 18.0. The zero-order valence-electron chi connectivity index (χ0n) is 13.0. The third kappa shape index (κ3) is 3.94. The zero-order chi connectivity index (χ0) is 18.6. The first-order chi connectivity index (χ1) is 11.8. The first-order valence-electron chi connectivity index (χ1n) is 7.17. The molecule has 2 rings (SSSR count). The number of hydrogen-bond acceptors (Lipinski definition) is 4. The Hall–Kier alpha value is -3.36. The monoisotopic (exact) mass is 349 g/mol. The third-order valence-electron chi connectivity index (χ3n) is 3.24. The standard InChI is InChI=1S/C16H13F2N3O4/c1-2-19-15(22)9-5-3-4-6-13(9)20-16(23)10-7-11(17)12(18)8-14(10)21(24)25/h3-8H,2H2,1H3,(H,19,22)(H,20,23). The largest absolute Gasteiger partial charge is 0.352 e. The Bertz CT molecular complexity index is 855. The fourth-order valence-electron chi connectivity index (χ4n) is 2.10. The predicted octanol–water partition coefficient (Wildman–Crippen LogP) is 2.88. The van der Waals surface area contributed by atoms with Crippen molar-refractivity contribution >= 4 is 23.2 Å². The highest BCUT2D eigenvalue weighted by Gasteiger charge is 2.25. The van der Waals surface area contributed by atoms with Crippen molar-refractivity contribution in [3.05, 3.63) is 69.3 Å². The lowest BCUT2D eigenvalue weighted by atomic mass is 10.1. The Labute approximate surface area is 140 Å². The number of nitrogens with one attached hydrogen (secondary N) is 2. The lowest BCUT2D eigenvalue weighted by Gasteiger charge is -2.11. The van der Waals surface area contributed by atoms with Crippen molar-refractivity contribution < 1.29 is 23.3 Å². The number of hydrogen-bond donors (Lipinski definition) is 2. The highest BCUT2D eigenvalue weighted by molar-refractivity contribution is 6.10. The van der Waals surface area contributed by atoms with Gasteiger partial charge in [-0.1, -0.05) is 12.1 Å². The van der Waals surface area contributed by atoms with Crippen molar-refractivity contribution in [2.75, 3.05) is 11.9 Å². The van der Waals surface area contributed by atoms with Crippen LogP contribution in [0, 0.1) is 21.7 Å². The Kier molecular flexibility index (Phi) is 5.38. The van der Waals surface area contributed by atoms with Gasteiger partial charge in [0.25, 0.3) is 17.5 Å². The van der Waals surface area contributed by atoms with Crippen LogP contribution in [0.4, 0.5) is 20.2 Å². The maximum Gasteiger partial charge on any atom is 0.285 e. The van der Waals surface area contributed by atoms with Gasteiger partial charge in [-0.3, -0.25) is 19.7 Å². The number of carbonyl (C=O) groups is 2. The van der Waals surface area contributed by atoms with E-state index in [1.807, 2.05) is 0 Å². The highest BCUT2D eigenvalue weighted by atomic mass is 19.2. The van der Waals surface area contributed by atoms with Crippen molar-refractivity contribution in [2.45, 2.75) is 6.92 Å². The second-order valence-electron chi connectivity index (χ2n) is 4.90. The van der Waals surface area contributed by atoms with E-state index in [0.29, 0.717) is 18.7 Å². The number of benzene rings is 2. The minimum absolute atomic E-state index is 0.0810. The summed E-state index contributed by atoms with van der Waals surface area (Å²) in [5.41, 5.74) is -1.33. The topological polar surface area (TPSA) is 101 Å². The van der Waals surface area contributed by atoms with Gasteiger partial charge >= 0.3 is 0 Å². The average Bonchev–Trinajstić information content (AvgIpc) is 2.57. The van der Waals surface area contributed by atoms with Crippen LogP contribution in [0.1, 0.15) is 27.6 Å². The van der Waals surface area contributed by atoms with E-state index >= 15 is 0 Å². The van der Waals surface area contributed by atoms with Crippen molar-refractivity contribution in [3.8, 4) is 0 Å². The molecular formula is C16H13F2N3O4. The number of amides is 2. The van der Waals surface area contributed by atoms with Gasteiger partial charge in [-0.25, -0.2) is 8.78 Å². The Balaban J connectivity index is 2.40. The molecule has 25 heavy (non-hydrogen) atoms. The number of nitrogens with zero attached hydrogens (tertiary/aromatic N) is 1. The first-order valence-corrected chi connectivity index (χ1v) is 7.17. The molecule has 0 atom stereocenters. The van der Waals surface area contributed by atoms with Crippen LogP contribution in [-0.4, -0.2) is 23.3 Å². The summed E-state index contributed by atoms with van der Waals surface area (Å²) in [4.78, 5) is 34.3. The number of anilines is 1. The molecule has 0 bridgehead atoms. The predicted molar refractivity (Wildman–Crippen MR) is 85.4 cm³/mol. The van der Waals surface area contributed by atoms with Crippen LogP contribution in [0.25, 0.3) is 0 Å². The van der Waals surface area contributed by atoms with Gasteiger partial charge in [0.1, 0.15) is 5.56 Å². The molecule has 0 saturated heterocycles. The van der Waals surface area contributed by atoms with Crippen molar-refractivity contribution in [3.63, 3.8) is 0 Å². The lowest BCUT2D eigenvalue weighted by Crippen LogP contribution is -2.25. The zero-order valence-corrected chi connectivity index (χ0v) is 13.0. The van der Waals surface area contributed by atoms with E-state index in [9.17, 15) is 28.5 Å². The summed E-state index contributed by atoms with van der Waals surface area (Å²) in [7, 11) is 0. The van der Waals surface area contributed by atoms with Gasteiger partial charge in [-0.2, -0.15) is 0 Å². The van der Waals surface area contributed by atoms with E-state index in [4.69, 9.17) is 0 Å². The molecule has 0 saturated carbocycles. The molecule has 0 heterocycles. The third-order valence-corrected chi connectivity index (χ3v) is 3.24. The summed E-state index contributed by atoms with van der Waals surface area (Å²) < 4.78 is 26.6. The second-order valence-corrected chi connectivity index (χ2v) is 4.90. The van der Waals surface area contributed by atoms with Crippen LogP contribution < -0.4 is 10.6 Å². The lowest BCUT2D eigenvalue weighted by molar-refractivity contribution is -0.385. The van der Waals surface area contributed by atoms with Gasteiger partial charge in [0, 0.05) is 6.54 Å². The number of halogens is 2. The van der Waals surface area contributed by atoms with E-state index < -0.39 is 39.6 Å². The summed E-state index contributed by atoms with van der Waals surface area (Å²) in [6.07, 6.45) is 0. The van der Waals surface area contributed by atoms with E-state index in [2.05, 4.69) is 10.6 Å². The summed E-state index contributed by atoms with van der Waals surface area (Å²) in [6, 6.07) is 6.74. The van der Waals surface area contributed by atoms with Gasteiger partial charge in [0.15, 0.2) is 11.6 Å².